The first-order valence-electron chi connectivity index (χ1n) is 12.7. The van der Waals surface area contributed by atoms with Gasteiger partial charge in [0, 0.05) is 0 Å². The van der Waals surface area contributed by atoms with E-state index < -0.39 is 11.2 Å². The minimum atomic E-state index is -0.415. The predicted molar refractivity (Wildman–Crippen MR) is 121 cm³/mol. The van der Waals surface area contributed by atoms with E-state index in [2.05, 4.69) is 12.2 Å². The molecule has 0 radical (unpaired) electrons. The largest absolute Gasteiger partial charge is 0.390 e. The molecule has 0 aromatic rings. The Morgan fingerprint density at radius 1 is 0.357 bits per heavy atom. The molecule has 1 fully saturated rings. The molecule has 0 heterocycles. The highest BCUT2D eigenvalue weighted by molar-refractivity contribution is 4.86. The minimum Gasteiger partial charge on any atom is -0.390 e. The molecule has 2 N–H and O–H groups in total. The lowest BCUT2D eigenvalue weighted by molar-refractivity contribution is 0.00553. The van der Waals surface area contributed by atoms with Gasteiger partial charge in [0.1, 0.15) is 0 Å². The lowest BCUT2D eigenvalue weighted by atomic mass is 9.83. The summed E-state index contributed by atoms with van der Waals surface area (Å²) in [5, 5.41) is 22.5. The van der Waals surface area contributed by atoms with E-state index in [1.165, 1.54) is 77.0 Å². The molecule has 28 heavy (non-hydrogen) atoms. The average molecular weight is 393 g/mol. The Labute approximate surface area is 175 Å². The molecule has 0 aromatic heterocycles. The van der Waals surface area contributed by atoms with E-state index in [1.54, 1.807) is 0 Å². The van der Waals surface area contributed by atoms with Gasteiger partial charge in [0.2, 0.25) is 0 Å². The summed E-state index contributed by atoms with van der Waals surface area (Å²) in [4.78, 5) is 0. The first-order valence-corrected chi connectivity index (χ1v) is 12.7. The van der Waals surface area contributed by atoms with Crippen LogP contribution in [0.5, 0.6) is 0 Å². The second kappa shape index (κ2) is 13.8. The summed E-state index contributed by atoms with van der Waals surface area (Å²) in [7, 11) is 0. The summed E-state index contributed by atoms with van der Waals surface area (Å²) < 4.78 is 0. The predicted octanol–water partition coefficient (Wildman–Crippen LogP) is 7.61. The van der Waals surface area contributed by atoms with Crippen LogP contribution in [0.25, 0.3) is 0 Å². The topological polar surface area (TPSA) is 40.5 Å². The van der Waals surface area contributed by atoms with Crippen molar-refractivity contribution in [2.45, 2.75) is 152 Å². The molecule has 0 amide bonds. The lowest BCUT2D eigenvalue weighted by Crippen LogP contribution is -2.29. The van der Waals surface area contributed by atoms with Gasteiger partial charge in [-0.1, -0.05) is 89.2 Å². The van der Waals surface area contributed by atoms with Crippen molar-refractivity contribution in [2.24, 2.45) is 0 Å². The lowest BCUT2D eigenvalue weighted by Gasteiger charge is -2.29. The van der Waals surface area contributed by atoms with Crippen LogP contribution in [0.4, 0.5) is 0 Å². The summed E-state index contributed by atoms with van der Waals surface area (Å²) in [6, 6.07) is 0. The molecule has 2 nitrogen and oxygen atoms in total. The van der Waals surface area contributed by atoms with Gasteiger partial charge in [0.25, 0.3) is 0 Å². The molecule has 3 rings (SSSR count). The van der Waals surface area contributed by atoms with Crippen molar-refractivity contribution in [3.63, 3.8) is 0 Å². The molecule has 1 saturated carbocycles. The van der Waals surface area contributed by atoms with Gasteiger partial charge in [-0.3, -0.25) is 0 Å². The van der Waals surface area contributed by atoms with E-state index in [0.717, 1.165) is 64.2 Å². The number of rotatable bonds is 0. The molecule has 3 aliphatic rings. The molecule has 0 aliphatic heterocycles. The highest BCUT2D eigenvalue weighted by Crippen LogP contribution is 2.31. The average Bonchev–Trinajstić information content (AvgIpc) is 2.67. The molecular weight excluding hydrogens is 344 g/mol. The van der Waals surface area contributed by atoms with Gasteiger partial charge in [-0.2, -0.15) is 0 Å². The SMILES string of the molecule is OC12CCC/C=C/CCCC(O)(CCCCCCCC1)CCCCCCCC2. The maximum absolute atomic E-state index is 11.2. The Balaban J connectivity index is 2.03. The van der Waals surface area contributed by atoms with Crippen molar-refractivity contribution >= 4 is 0 Å². The zero-order chi connectivity index (χ0) is 20.0. The van der Waals surface area contributed by atoms with Crippen molar-refractivity contribution in [1.29, 1.82) is 0 Å². The molecule has 164 valence electrons. The fraction of sp³-hybridized carbons (Fsp3) is 0.923. The molecule has 3 aliphatic carbocycles. The number of aliphatic hydroxyl groups is 2. The van der Waals surface area contributed by atoms with Crippen LogP contribution < -0.4 is 0 Å². The molecule has 0 spiro atoms. The Kier molecular flexibility index (Phi) is 11.8. The van der Waals surface area contributed by atoms with E-state index in [0.29, 0.717) is 0 Å². The van der Waals surface area contributed by atoms with E-state index in [9.17, 15) is 10.2 Å². The minimum absolute atomic E-state index is 0.415. The third-order valence-corrected chi connectivity index (χ3v) is 7.26. The van der Waals surface area contributed by atoms with Gasteiger partial charge >= 0.3 is 0 Å². The van der Waals surface area contributed by atoms with Crippen LogP contribution in [0.15, 0.2) is 12.2 Å². The van der Waals surface area contributed by atoms with Crippen LogP contribution in [0, 0.1) is 0 Å². The van der Waals surface area contributed by atoms with E-state index in [4.69, 9.17) is 0 Å². The van der Waals surface area contributed by atoms with Gasteiger partial charge in [0.05, 0.1) is 11.2 Å². The third-order valence-electron chi connectivity index (χ3n) is 7.26. The number of hydrogen-bond donors (Lipinski definition) is 2. The normalized spacial score (nSPS) is 35.1. The van der Waals surface area contributed by atoms with Crippen molar-refractivity contribution < 1.29 is 10.2 Å². The maximum atomic E-state index is 11.2. The Morgan fingerprint density at radius 2 is 0.607 bits per heavy atom. The molecule has 0 aromatic carbocycles. The summed E-state index contributed by atoms with van der Waals surface area (Å²) in [6.07, 6.45) is 29.8. The van der Waals surface area contributed by atoms with Crippen LogP contribution >= 0.6 is 0 Å². The summed E-state index contributed by atoms with van der Waals surface area (Å²) in [5.74, 6) is 0. The zero-order valence-electron chi connectivity index (χ0n) is 18.6. The molecule has 0 atom stereocenters. The summed E-state index contributed by atoms with van der Waals surface area (Å²) >= 11 is 0. The Bertz CT molecular complexity index is 357. The third kappa shape index (κ3) is 10.4. The molecule has 0 saturated heterocycles. The Hall–Kier alpha value is -0.340. The number of fused-ring (bicyclic) bond motifs is 20. The second-order valence-electron chi connectivity index (χ2n) is 9.95. The van der Waals surface area contributed by atoms with Crippen LogP contribution in [0.3, 0.4) is 0 Å². The van der Waals surface area contributed by atoms with Crippen LogP contribution in [-0.2, 0) is 0 Å². The van der Waals surface area contributed by atoms with Crippen molar-refractivity contribution in [1.82, 2.24) is 0 Å². The highest BCUT2D eigenvalue weighted by atomic mass is 16.3. The summed E-state index contributed by atoms with van der Waals surface area (Å²) in [6.45, 7) is 0. The van der Waals surface area contributed by atoms with Crippen molar-refractivity contribution in [2.75, 3.05) is 0 Å². The molecule has 0 unspecified atom stereocenters. The first kappa shape index (κ1) is 23.9. The molecular formula is C26H48O2. The van der Waals surface area contributed by atoms with Crippen molar-refractivity contribution in [3.8, 4) is 0 Å². The fourth-order valence-electron chi connectivity index (χ4n) is 5.31. The molecule has 2 bridgehead atoms. The maximum Gasteiger partial charge on any atom is 0.0648 e. The van der Waals surface area contributed by atoms with E-state index >= 15 is 0 Å². The van der Waals surface area contributed by atoms with E-state index in [1.807, 2.05) is 0 Å². The number of allylic oxidation sites excluding steroid dienone is 2. The van der Waals surface area contributed by atoms with Gasteiger partial charge < -0.3 is 10.2 Å². The van der Waals surface area contributed by atoms with Gasteiger partial charge in [-0.25, -0.2) is 0 Å². The van der Waals surface area contributed by atoms with Gasteiger partial charge in [-0.05, 0) is 64.2 Å². The number of hydrogen-bond acceptors (Lipinski definition) is 2. The quantitative estimate of drug-likeness (QED) is 0.416. The van der Waals surface area contributed by atoms with Crippen LogP contribution in [0.1, 0.15) is 141 Å². The molecule has 2 heteroatoms. The first-order chi connectivity index (χ1) is 13.6. The summed E-state index contributed by atoms with van der Waals surface area (Å²) in [5.41, 5.74) is -0.831. The van der Waals surface area contributed by atoms with E-state index in [-0.39, 0.29) is 0 Å². The van der Waals surface area contributed by atoms with Gasteiger partial charge in [-0.15, -0.1) is 0 Å². The monoisotopic (exact) mass is 392 g/mol. The standard InChI is InChI=1S/C26H48O2/c27-25-19-13-7-1-2-8-14-20-26(28,23-17-11-5-3-9-15-21-25)24-18-12-6-4-10-16-22-25/h1-2,27-28H,3-24H2/b2-1+. The van der Waals surface area contributed by atoms with Crippen molar-refractivity contribution in [3.05, 3.63) is 12.2 Å². The van der Waals surface area contributed by atoms with Crippen LogP contribution in [0.2, 0.25) is 0 Å². The second-order valence-corrected chi connectivity index (χ2v) is 9.95. The van der Waals surface area contributed by atoms with Crippen LogP contribution in [-0.4, -0.2) is 21.4 Å². The smallest absolute Gasteiger partial charge is 0.0648 e. The fourth-order valence-corrected chi connectivity index (χ4v) is 5.31. The Morgan fingerprint density at radius 3 is 0.929 bits per heavy atom. The highest BCUT2D eigenvalue weighted by Gasteiger charge is 2.26. The zero-order valence-corrected chi connectivity index (χ0v) is 18.6. The van der Waals surface area contributed by atoms with Gasteiger partial charge in [0.15, 0.2) is 0 Å².